The SMILES string of the molecule is CCNC(=NCC(C)(C)c1ccccc1F)N1CCCC2(CNC(=O)C2)C1.I. The Kier molecular flexibility index (Phi) is 7.70. The highest BCUT2D eigenvalue weighted by atomic mass is 127. The van der Waals surface area contributed by atoms with Gasteiger partial charge in [0, 0.05) is 43.4 Å². The molecule has 0 aliphatic carbocycles. The van der Waals surface area contributed by atoms with E-state index >= 15 is 0 Å². The number of rotatable bonds is 4. The molecule has 0 bridgehead atoms. The number of aliphatic imine (C=N–C) groups is 1. The van der Waals surface area contributed by atoms with E-state index in [1.165, 1.54) is 6.07 Å². The van der Waals surface area contributed by atoms with E-state index in [2.05, 4.69) is 22.5 Å². The summed E-state index contributed by atoms with van der Waals surface area (Å²) in [6, 6.07) is 6.92. The van der Waals surface area contributed by atoms with Gasteiger partial charge in [0.05, 0.1) is 6.54 Å². The van der Waals surface area contributed by atoms with Gasteiger partial charge in [-0.15, -0.1) is 24.0 Å². The maximum Gasteiger partial charge on any atom is 0.220 e. The minimum absolute atomic E-state index is 0. The maximum atomic E-state index is 14.2. The van der Waals surface area contributed by atoms with Crippen molar-refractivity contribution >= 4 is 35.8 Å². The normalized spacial score (nSPS) is 22.8. The van der Waals surface area contributed by atoms with Crippen molar-refractivity contribution in [3.05, 3.63) is 35.6 Å². The van der Waals surface area contributed by atoms with Crippen molar-refractivity contribution in [3.63, 3.8) is 0 Å². The van der Waals surface area contributed by atoms with Crippen LogP contribution in [0.25, 0.3) is 0 Å². The second-order valence-electron chi connectivity index (χ2n) is 8.51. The molecule has 2 aliphatic heterocycles. The van der Waals surface area contributed by atoms with Gasteiger partial charge >= 0.3 is 0 Å². The summed E-state index contributed by atoms with van der Waals surface area (Å²) in [7, 11) is 0. The van der Waals surface area contributed by atoms with Crippen molar-refractivity contribution in [1.29, 1.82) is 0 Å². The Morgan fingerprint density at radius 1 is 1.39 bits per heavy atom. The second kappa shape index (κ2) is 9.41. The van der Waals surface area contributed by atoms with E-state index in [4.69, 9.17) is 4.99 Å². The standard InChI is InChI=1S/C21H31FN4O.HI/c1-4-23-19(25-13-20(2,3)16-8-5-6-9-17(16)22)26-11-7-10-21(15-26)12-18(27)24-14-21;/h5-6,8-9H,4,7,10-15H2,1-3H3,(H,23,25)(H,24,27);1H. The van der Waals surface area contributed by atoms with E-state index in [0.29, 0.717) is 18.5 Å². The largest absolute Gasteiger partial charge is 0.357 e. The Morgan fingerprint density at radius 2 is 2.14 bits per heavy atom. The second-order valence-corrected chi connectivity index (χ2v) is 8.51. The molecule has 1 amide bonds. The summed E-state index contributed by atoms with van der Waals surface area (Å²) in [4.78, 5) is 18.9. The number of nitrogens with zero attached hydrogens (tertiary/aromatic N) is 2. The molecule has 156 valence electrons. The average Bonchev–Trinajstić information content (AvgIpc) is 2.98. The number of piperidine rings is 1. The van der Waals surface area contributed by atoms with Gasteiger partial charge in [0.2, 0.25) is 5.91 Å². The summed E-state index contributed by atoms with van der Waals surface area (Å²) in [5.74, 6) is 0.829. The molecule has 28 heavy (non-hydrogen) atoms. The number of hydrogen-bond acceptors (Lipinski definition) is 2. The van der Waals surface area contributed by atoms with Crippen molar-refractivity contribution in [2.24, 2.45) is 10.4 Å². The molecular weight excluding hydrogens is 470 g/mol. The van der Waals surface area contributed by atoms with Crippen LogP contribution in [0.4, 0.5) is 4.39 Å². The van der Waals surface area contributed by atoms with E-state index in [1.807, 2.05) is 26.0 Å². The predicted molar refractivity (Wildman–Crippen MR) is 122 cm³/mol. The summed E-state index contributed by atoms with van der Waals surface area (Å²) >= 11 is 0. The summed E-state index contributed by atoms with van der Waals surface area (Å²) in [5, 5.41) is 6.37. The minimum atomic E-state index is -0.398. The van der Waals surface area contributed by atoms with Gasteiger partial charge < -0.3 is 15.5 Å². The van der Waals surface area contributed by atoms with Crippen LogP contribution in [0, 0.1) is 11.2 Å². The van der Waals surface area contributed by atoms with Crippen LogP contribution in [-0.4, -0.2) is 49.5 Å². The van der Waals surface area contributed by atoms with Crippen molar-refractivity contribution in [2.45, 2.75) is 45.4 Å². The van der Waals surface area contributed by atoms with Crippen LogP contribution in [-0.2, 0) is 10.2 Å². The van der Waals surface area contributed by atoms with Gasteiger partial charge in [0.15, 0.2) is 5.96 Å². The molecule has 5 nitrogen and oxygen atoms in total. The Bertz CT molecular complexity index is 724. The molecular formula is C21H32FIN4O. The number of amides is 1. The van der Waals surface area contributed by atoms with Crippen LogP contribution in [0.3, 0.4) is 0 Å². The van der Waals surface area contributed by atoms with Gasteiger partial charge in [-0.1, -0.05) is 32.0 Å². The Labute approximate surface area is 184 Å². The van der Waals surface area contributed by atoms with Gasteiger partial charge in [-0.05, 0) is 31.4 Å². The first-order chi connectivity index (χ1) is 12.9. The van der Waals surface area contributed by atoms with E-state index in [1.54, 1.807) is 6.07 Å². The number of benzene rings is 1. The topological polar surface area (TPSA) is 56.7 Å². The number of hydrogen-bond donors (Lipinski definition) is 2. The third-order valence-corrected chi connectivity index (χ3v) is 5.72. The molecule has 1 aromatic carbocycles. The molecule has 2 saturated heterocycles. The summed E-state index contributed by atoms with van der Waals surface area (Å²) in [6.07, 6.45) is 2.72. The zero-order chi connectivity index (χ0) is 19.5. The Balaban J connectivity index is 0.00000280. The van der Waals surface area contributed by atoms with Gasteiger partial charge in [0.25, 0.3) is 0 Å². The zero-order valence-electron chi connectivity index (χ0n) is 17.1. The summed E-state index contributed by atoms with van der Waals surface area (Å²) in [6.45, 7) is 9.89. The number of carbonyl (C=O) groups excluding carboxylic acids is 1. The monoisotopic (exact) mass is 502 g/mol. The summed E-state index contributed by atoms with van der Waals surface area (Å²) < 4.78 is 14.2. The van der Waals surface area contributed by atoms with Crippen LogP contribution >= 0.6 is 24.0 Å². The molecule has 1 aromatic rings. The molecule has 0 radical (unpaired) electrons. The van der Waals surface area contributed by atoms with Gasteiger partial charge in [-0.2, -0.15) is 0 Å². The van der Waals surface area contributed by atoms with E-state index in [9.17, 15) is 9.18 Å². The lowest BCUT2D eigenvalue weighted by molar-refractivity contribution is -0.119. The highest BCUT2D eigenvalue weighted by Crippen LogP contribution is 2.36. The molecule has 2 fully saturated rings. The highest BCUT2D eigenvalue weighted by molar-refractivity contribution is 14.0. The van der Waals surface area contributed by atoms with Crippen LogP contribution in [0.15, 0.2) is 29.3 Å². The lowest BCUT2D eigenvalue weighted by atomic mass is 9.79. The first-order valence-electron chi connectivity index (χ1n) is 9.90. The first kappa shape index (κ1) is 22.9. The van der Waals surface area contributed by atoms with Gasteiger partial charge in [-0.3, -0.25) is 9.79 Å². The van der Waals surface area contributed by atoms with E-state index in [0.717, 1.165) is 45.0 Å². The highest BCUT2D eigenvalue weighted by Gasteiger charge is 2.42. The van der Waals surface area contributed by atoms with Crippen molar-refractivity contribution < 1.29 is 9.18 Å². The smallest absolute Gasteiger partial charge is 0.220 e. The fourth-order valence-corrected chi connectivity index (χ4v) is 4.22. The quantitative estimate of drug-likeness (QED) is 0.378. The third kappa shape index (κ3) is 5.15. The molecule has 1 atom stereocenters. The molecule has 1 spiro atoms. The fourth-order valence-electron chi connectivity index (χ4n) is 4.22. The lowest BCUT2D eigenvalue weighted by Crippen LogP contribution is -2.51. The molecule has 0 saturated carbocycles. The predicted octanol–water partition coefficient (Wildman–Crippen LogP) is 3.29. The van der Waals surface area contributed by atoms with Crippen LogP contribution in [0.5, 0.6) is 0 Å². The summed E-state index contributed by atoms with van der Waals surface area (Å²) in [5.41, 5.74) is 0.307. The van der Waals surface area contributed by atoms with Crippen LogP contribution in [0.1, 0.15) is 45.6 Å². The average molecular weight is 502 g/mol. The van der Waals surface area contributed by atoms with Crippen molar-refractivity contribution in [1.82, 2.24) is 15.5 Å². The lowest BCUT2D eigenvalue weighted by Gasteiger charge is -2.41. The van der Waals surface area contributed by atoms with Crippen LogP contribution < -0.4 is 10.6 Å². The van der Waals surface area contributed by atoms with Crippen molar-refractivity contribution in [2.75, 3.05) is 32.7 Å². The van der Waals surface area contributed by atoms with Gasteiger partial charge in [0.1, 0.15) is 5.82 Å². The Morgan fingerprint density at radius 3 is 2.79 bits per heavy atom. The van der Waals surface area contributed by atoms with E-state index in [-0.39, 0.29) is 41.1 Å². The maximum absolute atomic E-state index is 14.2. The Hall–Kier alpha value is -1.38. The van der Waals surface area contributed by atoms with Gasteiger partial charge in [-0.25, -0.2) is 4.39 Å². The molecule has 2 heterocycles. The number of nitrogens with one attached hydrogen (secondary N) is 2. The number of halogens is 2. The van der Waals surface area contributed by atoms with Crippen molar-refractivity contribution in [3.8, 4) is 0 Å². The molecule has 0 aromatic heterocycles. The molecule has 3 rings (SSSR count). The minimum Gasteiger partial charge on any atom is -0.357 e. The molecule has 2 N–H and O–H groups in total. The number of guanidine groups is 1. The zero-order valence-corrected chi connectivity index (χ0v) is 19.4. The number of likely N-dealkylation sites (tertiary alicyclic amines) is 1. The molecule has 1 unspecified atom stereocenters. The van der Waals surface area contributed by atoms with E-state index < -0.39 is 5.41 Å². The molecule has 2 aliphatic rings. The first-order valence-corrected chi connectivity index (χ1v) is 9.90. The van der Waals surface area contributed by atoms with Crippen LogP contribution in [0.2, 0.25) is 0 Å². The molecule has 7 heteroatoms. The number of carbonyl (C=O) groups is 1. The third-order valence-electron chi connectivity index (χ3n) is 5.72. The fraction of sp³-hybridized carbons (Fsp3) is 0.619.